The minimum atomic E-state index is -0.640. The highest BCUT2D eigenvalue weighted by molar-refractivity contribution is 6.35. The van der Waals surface area contributed by atoms with Gasteiger partial charge in [0.2, 0.25) is 5.88 Å². The summed E-state index contributed by atoms with van der Waals surface area (Å²) in [6.07, 6.45) is 1.29. The molecule has 0 saturated carbocycles. The van der Waals surface area contributed by atoms with Crippen LogP contribution in [0.1, 0.15) is 0 Å². The van der Waals surface area contributed by atoms with Crippen LogP contribution in [0.3, 0.4) is 0 Å². The number of nitrogens with two attached hydrogens (primary N) is 1. The van der Waals surface area contributed by atoms with Crippen LogP contribution in [0, 0.1) is 5.82 Å². The van der Waals surface area contributed by atoms with Gasteiger partial charge < -0.3 is 10.3 Å². The number of hydrogen-bond acceptors (Lipinski definition) is 3. The largest absolute Gasteiger partial charge is 0.367 e. The first kappa shape index (κ1) is 10.3. The Morgan fingerprint density at radius 2 is 1.93 bits per heavy atom. The molecule has 0 radical (unpaired) electrons. The van der Waals surface area contributed by atoms with Crippen LogP contribution in [-0.4, -0.2) is 5.16 Å². The zero-order valence-corrected chi connectivity index (χ0v) is 8.81. The second kappa shape index (κ2) is 3.72. The maximum Gasteiger partial charge on any atom is 0.230 e. The zero-order chi connectivity index (χ0) is 11.0. The molecule has 6 heteroatoms. The third-order valence-electron chi connectivity index (χ3n) is 1.91. The minimum absolute atomic E-state index is 0.00179. The lowest BCUT2D eigenvalue weighted by molar-refractivity contribution is 0.436. The zero-order valence-electron chi connectivity index (χ0n) is 7.30. The Balaban J connectivity index is 2.72. The Bertz CT molecular complexity index is 513. The molecular weight excluding hydrogens is 242 g/mol. The molecule has 2 N–H and O–H groups in total. The Hall–Kier alpha value is -1.26. The van der Waals surface area contributed by atoms with Gasteiger partial charge in [-0.25, -0.2) is 4.39 Å². The molecule has 0 bridgehead atoms. The van der Waals surface area contributed by atoms with Gasteiger partial charge in [0.15, 0.2) is 5.82 Å². The lowest BCUT2D eigenvalue weighted by Gasteiger charge is -2.04. The molecule has 3 nitrogen and oxygen atoms in total. The van der Waals surface area contributed by atoms with Crippen molar-refractivity contribution >= 4 is 29.1 Å². The van der Waals surface area contributed by atoms with Crippen LogP contribution in [0.25, 0.3) is 11.1 Å². The number of aromatic nitrogens is 1. The number of nitrogen functional groups attached to an aromatic ring is 1. The van der Waals surface area contributed by atoms with E-state index in [1.807, 2.05) is 0 Å². The molecular formula is C9H5Cl2FN2O. The van der Waals surface area contributed by atoms with E-state index < -0.39 is 5.82 Å². The molecule has 0 atom stereocenters. The van der Waals surface area contributed by atoms with Crippen LogP contribution in [0.5, 0.6) is 0 Å². The summed E-state index contributed by atoms with van der Waals surface area (Å²) in [6, 6.07) is 2.85. The molecule has 15 heavy (non-hydrogen) atoms. The first-order chi connectivity index (χ1) is 7.11. The van der Waals surface area contributed by atoms with Gasteiger partial charge in [0.25, 0.3) is 0 Å². The first-order valence-corrected chi connectivity index (χ1v) is 4.71. The number of nitrogens with zero attached hydrogens (tertiary/aromatic N) is 1. The molecule has 1 heterocycles. The molecule has 1 aromatic carbocycles. The Morgan fingerprint density at radius 1 is 1.27 bits per heavy atom. The fraction of sp³-hybridized carbons (Fsp3) is 0. The molecule has 0 aliphatic rings. The number of benzene rings is 1. The first-order valence-electron chi connectivity index (χ1n) is 3.95. The third-order valence-corrected chi connectivity index (χ3v) is 2.52. The van der Waals surface area contributed by atoms with Crippen LogP contribution in [0.15, 0.2) is 22.9 Å². The minimum Gasteiger partial charge on any atom is -0.367 e. The molecule has 1 aromatic heterocycles. The van der Waals surface area contributed by atoms with E-state index >= 15 is 0 Å². The van der Waals surface area contributed by atoms with E-state index in [0.29, 0.717) is 5.56 Å². The third kappa shape index (κ3) is 1.66. The van der Waals surface area contributed by atoms with Crippen LogP contribution >= 0.6 is 23.2 Å². The van der Waals surface area contributed by atoms with Crippen molar-refractivity contribution in [3.63, 3.8) is 0 Å². The van der Waals surface area contributed by atoms with E-state index in [2.05, 4.69) is 9.68 Å². The van der Waals surface area contributed by atoms with E-state index in [-0.39, 0.29) is 21.5 Å². The smallest absolute Gasteiger partial charge is 0.230 e. The van der Waals surface area contributed by atoms with Crippen molar-refractivity contribution in [2.75, 3.05) is 5.73 Å². The van der Waals surface area contributed by atoms with Gasteiger partial charge >= 0.3 is 0 Å². The summed E-state index contributed by atoms with van der Waals surface area (Å²) in [5, 5.41) is 3.61. The maximum absolute atomic E-state index is 13.7. The summed E-state index contributed by atoms with van der Waals surface area (Å²) in [7, 11) is 0. The Kier molecular flexibility index (Phi) is 2.54. The molecule has 0 aliphatic heterocycles. The van der Waals surface area contributed by atoms with Crippen molar-refractivity contribution in [3.05, 3.63) is 34.2 Å². The Labute approximate surface area is 94.6 Å². The SMILES string of the molecule is Nc1oncc1-c1c(Cl)ccc(Cl)c1F. The summed E-state index contributed by atoms with van der Waals surface area (Å²) >= 11 is 11.5. The number of halogens is 3. The summed E-state index contributed by atoms with van der Waals surface area (Å²) in [4.78, 5) is 0. The van der Waals surface area contributed by atoms with Crippen molar-refractivity contribution in [1.29, 1.82) is 0 Å². The number of anilines is 1. The fourth-order valence-electron chi connectivity index (χ4n) is 1.21. The molecule has 2 rings (SSSR count). The summed E-state index contributed by atoms with van der Waals surface area (Å²) in [6.45, 7) is 0. The molecule has 0 aliphatic carbocycles. The standard InChI is InChI=1S/C9H5Cl2FN2O/c10-5-1-2-6(11)8(12)7(5)4-3-14-15-9(4)13/h1-3H,13H2. The molecule has 78 valence electrons. The molecule has 0 amide bonds. The van der Waals surface area contributed by atoms with E-state index in [1.165, 1.54) is 18.3 Å². The van der Waals surface area contributed by atoms with Crippen molar-refractivity contribution in [3.8, 4) is 11.1 Å². The second-order valence-corrected chi connectivity index (χ2v) is 3.64. The average molecular weight is 247 g/mol. The Morgan fingerprint density at radius 3 is 2.53 bits per heavy atom. The van der Waals surface area contributed by atoms with Gasteiger partial charge in [0, 0.05) is 5.56 Å². The van der Waals surface area contributed by atoms with Gasteiger partial charge in [0.1, 0.15) is 0 Å². The van der Waals surface area contributed by atoms with Crippen LogP contribution < -0.4 is 5.73 Å². The maximum atomic E-state index is 13.7. The van der Waals surface area contributed by atoms with Crippen molar-refractivity contribution in [1.82, 2.24) is 5.16 Å². The predicted octanol–water partition coefficient (Wildman–Crippen LogP) is 3.37. The normalized spacial score (nSPS) is 10.6. The van der Waals surface area contributed by atoms with Crippen LogP contribution in [0.2, 0.25) is 10.0 Å². The molecule has 2 aromatic rings. The second-order valence-electron chi connectivity index (χ2n) is 2.82. The van der Waals surface area contributed by atoms with Gasteiger partial charge in [0.05, 0.1) is 21.8 Å². The molecule has 0 unspecified atom stereocenters. The van der Waals surface area contributed by atoms with E-state index in [1.54, 1.807) is 0 Å². The molecule has 0 fully saturated rings. The van der Waals surface area contributed by atoms with Crippen LogP contribution in [-0.2, 0) is 0 Å². The van der Waals surface area contributed by atoms with Crippen molar-refractivity contribution in [2.45, 2.75) is 0 Å². The fourth-order valence-corrected chi connectivity index (χ4v) is 1.62. The van der Waals surface area contributed by atoms with Gasteiger partial charge in [-0.3, -0.25) is 0 Å². The topological polar surface area (TPSA) is 52.0 Å². The molecule has 0 saturated heterocycles. The number of hydrogen-bond donors (Lipinski definition) is 1. The van der Waals surface area contributed by atoms with E-state index in [4.69, 9.17) is 28.9 Å². The number of rotatable bonds is 1. The quantitative estimate of drug-likeness (QED) is 0.786. The summed E-state index contributed by atoms with van der Waals surface area (Å²) in [5.41, 5.74) is 5.85. The van der Waals surface area contributed by atoms with Gasteiger partial charge in [-0.1, -0.05) is 28.4 Å². The highest BCUT2D eigenvalue weighted by atomic mass is 35.5. The van der Waals surface area contributed by atoms with E-state index in [0.717, 1.165) is 0 Å². The van der Waals surface area contributed by atoms with Crippen molar-refractivity contribution < 1.29 is 8.91 Å². The summed E-state index contributed by atoms with van der Waals surface area (Å²) in [5.74, 6) is -0.642. The van der Waals surface area contributed by atoms with Crippen molar-refractivity contribution in [2.24, 2.45) is 0 Å². The average Bonchev–Trinajstić information content (AvgIpc) is 2.60. The van der Waals surface area contributed by atoms with Gasteiger partial charge in [-0.05, 0) is 12.1 Å². The van der Waals surface area contributed by atoms with Gasteiger partial charge in [-0.2, -0.15) is 0 Å². The van der Waals surface area contributed by atoms with Gasteiger partial charge in [-0.15, -0.1) is 0 Å². The summed E-state index contributed by atoms with van der Waals surface area (Å²) < 4.78 is 18.3. The predicted molar refractivity (Wildman–Crippen MR) is 56.3 cm³/mol. The van der Waals surface area contributed by atoms with Crippen LogP contribution in [0.4, 0.5) is 10.3 Å². The highest BCUT2D eigenvalue weighted by Gasteiger charge is 2.17. The lowest BCUT2D eigenvalue weighted by Crippen LogP contribution is -1.90. The lowest BCUT2D eigenvalue weighted by atomic mass is 10.1. The monoisotopic (exact) mass is 246 g/mol. The van der Waals surface area contributed by atoms with E-state index in [9.17, 15) is 4.39 Å². The molecule has 0 spiro atoms. The highest BCUT2D eigenvalue weighted by Crippen LogP contribution is 2.36.